The van der Waals surface area contributed by atoms with Gasteiger partial charge in [-0.15, -0.1) is 0 Å². The smallest absolute Gasteiger partial charge is 0.331 e. The summed E-state index contributed by atoms with van der Waals surface area (Å²) in [6.07, 6.45) is 9.07. The van der Waals surface area contributed by atoms with Crippen LogP contribution in [0.2, 0.25) is 0 Å². The lowest BCUT2D eigenvalue weighted by Crippen LogP contribution is -2.62. The number of carbonyl (C=O) groups excluding carboxylic acids is 1. The highest BCUT2D eigenvalue weighted by Gasteiger charge is 2.60. The van der Waals surface area contributed by atoms with Gasteiger partial charge in [0.1, 0.15) is 6.61 Å². The number of cyclic esters (lactones) is 1. The van der Waals surface area contributed by atoms with Gasteiger partial charge in [-0.2, -0.15) is 0 Å². The van der Waals surface area contributed by atoms with E-state index in [0.717, 1.165) is 31.3 Å². The van der Waals surface area contributed by atoms with Gasteiger partial charge >= 0.3 is 5.97 Å². The molecule has 0 bridgehead atoms. The predicted molar refractivity (Wildman–Crippen MR) is 90.9 cm³/mol. The van der Waals surface area contributed by atoms with E-state index in [1.54, 1.807) is 6.08 Å². The molecule has 0 aromatic heterocycles. The van der Waals surface area contributed by atoms with Gasteiger partial charge in [0.25, 0.3) is 0 Å². The molecule has 23 heavy (non-hydrogen) atoms. The molecule has 4 atom stereocenters. The first-order valence-corrected chi connectivity index (χ1v) is 9.28. The summed E-state index contributed by atoms with van der Waals surface area (Å²) < 4.78 is 5.02. The number of esters is 1. The highest BCUT2D eigenvalue weighted by Crippen LogP contribution is 2.63. The Kier molecular flexibility index (Phi) is 4.15. The van der Waals surface area contributed by atoms with Crippen molar-refractivity contribution in [3.05, 3.63) is 11.6 Å². The van der Waals surface area contributed by atoms with Crippen LogP contribution in [-0.2, 0) is 9.53 Å². The van der Waals surface area contributed by atoms with Gasteiger partial charge in [0, 0.05) is 6.08 Å². The number of hydrogen-bond donors (Lipinski definition) is 1. The van der Waals surface area contributed by atoms with Crippen LogP contribution in [0.25, 0.3) is 0 Å². The summed E-state index contributed by atoms with van der Waals surface area (Å²) >= 11 is 0. The van der Waals surface area contributed by atoms with Crippen molar-refractivity contribution < 1.29 is 14.6 Å². The third kappa shape index (κ3) is 2.65. The van der Waals surface area contributed by atoms with E-state index in [1.165, 1.54) is 19.3 Å². The molecule has 1 N–H and O–H groups in total. The third-order valence-corrected chi connectivity index (χ3v) is 7.47. The summed E-state index contributed by atoms with van der Waals surface area (Å²) in [5, 5.41) is 11.8. The summed E-state index contributed by atoms with van der Waals surface area (Å²) in [5.74, 6) is 0.670. The SMILES string of the molecule is C[C@H]1CC[C@H]2C(C)(C)CCC[C@]2(C)[C@]1(O)CCC1=CC(=O)OC1. The van der Waals surface area contributed by atoms with E-state index in [0.29, 0.717) is 23.9 Å². The molecule has 130 valence electrons. The second kappa shape index (κ2) is 5.61. The van der Waals surface area contributed by atoms with Crippen LogP contribution in [0.3, 0.4) is 0 Å². The summed E-state index contributed by atoms with van der Waals surface area (Å²) in [6, 6.07) is 0. The van der Waals surface area contributed by atoms with E-state index >= 15 is 0 Å². The Hall–Kier alpha value is -0.830. The van der Waals surface area contributed by atoms with Gasteiger partial charge < -0.3 is 9.84 Å². The molecule has 2 aliphatic carbocycles. The zero-order valence-electron chi connectivity index (χ0n) is 15.2. The lowest BCUT2D eigenvalue weighted by Gasteiger charge is -2.63. The normalized spacial score (nSPS) is 42.8. The zero-order chi connectivity index (χ0) is 16.9. The van der Waals surface area contributed by atoms with Crippen molar-refractivity contribution in [3.63, 3.8) is 0 Å². The van der Waals surface area contributed by atoms with Crippen LogP contribution in [0.4, 0.5) is 0 Å². The molecule has 1 heterocycles. The van der Waals surface area contributed by atoms with Crippen LogP contribution in [0.15, 0.2) is 11.6 Å². The average molecular weight is 320 g/mol. The van der Waals surface area contributed by atoms with Gasteiger partial charge in [0.05, 0.1) is 5.60 Å². The minimum Gasteiger partial charge on any atom is -0.458 e. The number of aliphatic hydroxyl groups is 1. The molecule has 0 aromatic rings. The zero-order valence-corrected chi connectivity index (χ0v) is 15.2. The Morgan fingerprint density at radius 2 is 2.00 bits per heavy atom. The van der Waals surface area contributed by atoms with Crippen LogP contribution >= 0.6 is 0 Å². The molecule has 3 heteroatoms. The molecule has 3 rings (SSSR count). The molecule has 1 aliphatic heterocycles. The third-order valence-electron chi connectivity index (χ3n) is 7.47. The summed E-state index contributed by atoms with van der Waals surface area (Å²) in [7, 11) is 0. The fourth-order valence-electron chi connectivity index (χ4n) is 6.01. The second-order valence-corrected chi connectivity index (χ2v) is 9.13. The van der Waals surface area contributed by atoms with Crippen LogP contribution in [-0.4, -0.2) is 23.3 Å². The fraction of sp³-hybridized carbons (Fsp3) is 0.850. The molecule has 0 aromatic carbocycles. The number of carbonyl (C=O) groups is 1. The van der Waals surface area contributed by atoms with Crippen molar-refractivity contribution >= 4 is 5.97 Å². The first kappa shape index (κ1) is 17.0. The molecule has 0 saturated heterocycles. The van der Waals surface area contributed by atoms with Crippen LogP contribution in [0.5, 0.6) is 0 Å². The number of ether oxygens (including phenoxy) is 1. The Morgan fingerprint density at radius 1 is 1.26 bits per heavy atom. The van der Waals surface area contributed by atoms with E-state index in [2.05, 4.69) is 27.7 Å². The van der Waals surface area contributed by atoms with Crippen molar-refractivity contribution in [1.82, 2.24) is 0 Å². The summed E-state index contributed by atoms with van der Waals surface area (Å²) in [5.41, 5.74) is 0.694. The van der Waals surface area contributed by atoms with Gasteiger partial charge in [-0.05, 0) is 66.8 Å². The maximum Gasteiger partial charge on any atom is 0.331 e. The van der Waals surface area contributed by atoms with E-state index in [9.17, 15) is 9.90 Å². The molecule has 2 saturated carbocycles. The van der Waals surface area contributed by atoms with Gasteiger partial charge in [0.15, 0.2) is 0 Å². The lowest BCUT2D eigenvalue weighted by molar-refractivity contribution is -0.211. The van der Waals surface area contributed by atoms with Crippen LogP contribution in [0.1, 0.15) is 72.6 Å². The Labute approximate surface area is 140 Å². The maximum atomic E-state index is 11.8. The fourth-order valence-corrected chi connectivity index (χ4v) is 6.01. The predicted octanol–water partition coefficient (Wildman–Crippen LogP) is 4.24. The second-order valence-electron chi connectivity index (χ2n) is 9.13. The molecule has 3 nitrogen and oxygen atoms in total. The number of rotatable bonds is 3. The quantitative estimate of drug-likeness (QED) is 0.791. The van der Waals surface area contributed by atoms with E-state index in [1.807, 2.05) is 0 Å². The highest BCUT2D eigenvalue weighted by molar-refractivity contribution is 5.85. The van der Waals surface area contributed by atoms with E-state index in [-0.39, 0.29) is 11.4 Å². The largest absolute Gasteiger partial charge is 0.458 e. The Bertz CT molecular complexity index is 521. The van der Waals surface area contributed by atoms with Crippen LogP contribution in [0, 0.1) is 22.7 Å². The van der Waals surface area contributed by atoms with Gasteiger partial charge in [0.2, 0.25) is 0 Å². The molecule has 2 fully saturated rings. The minimum atomic E-state index is -0.639. The summed E-state index contributed by atoms with van der Waals surface area (Å²) in [6.45, 7) is 9.73. The van der Waals surface area contributed by atoms with E-state index in [4.69, 9.17) is 4.74 Å². The first-order chi connectivity index (χ1) is 10.7. The number of fused-ring (bicyclic) bond motifs is 1. The van der Waals surface area contributed by atoms with E-state index < -0.39 is 5.60 Å². The topological polar surface area (TPSA) is 46.5 Å². The first-order valence-electron chi connectivity index (χ1n) is 9.28. The maximum absolute atomic E-state index is 11.8. The molecular weight excluding hydrogens is 288 g/mol. The molecule has 0 amide bonds. The van der Waals surface area contributed by atoms with Crippen molar-refractivity contribution in [2.45, 2.75) is 78.2 Å². The standard InChI is InChI=1S/C20H32O3/c1-14-6-7-16-18(2,3)9-5-10-19(16,4)20(14,22)11-8-15-12-17(21)23-13-15/h12,14,16,22H,5-11,13H2,1-4H3/t14-,16-,19-,20-/m0/s1. The molecule has 0 spiro atoms. The molecule has 0 radical (unpaired) electrons. The molecule has 0 unspecified atom stereocenters. The highest BCUT2D eigenvalue weighted by atomic mass is 16.5. The van der Waals surface area contributed by atoms with Crippen molar-refractivity contribution in [2.75, 3.05) is 6.61 Å². The average Bonchev–Trinajstić information content (AvgIpc) is 2.87. The van der Waals surface area contributed by atoms with Crippen molar-refractivity contribution in [1.29, 1.82) is 0 Å². The lowest BCUT2D eigenvalue weighted by atomic mass is 9.44. The van der Waals surface area contributed by atoms with Gasteiger partial charge in [-0.3, -0.25) is 0 Å². The summed E-state index contributed by atoms with van der Waals surface area (Å²) in [4.78, 5) is 11.3. The molecular formula is C20H32O3. The minimum absolute atomic E-state index is 0.0174. The van der Waals surface area contributed by atoms with Gasteiger partial charge in [-0.25, -0.2) is 4.79 Å². The van der Waals surface area contributed by atoms with Gasteiger partial charge in [-0.1, -0.05) is 34.1 Å². The van der Waals surface area contributed by atoms with Crippen LogP contribution < -0.4 is 0 Å². The van der Waals surface area contributed by atoms with Crippen molar-refractivity contribution in [2.24, 2.45) is 22.7 Å². The molecule has 3 aliphatic rings. The monoisotopic (exact) mass is 320 g/mol. The van der Waals surface area contributed by atoms with Crippen molar-refractivity contribution in [3.8, 4) is 0 Å². The Morgan fingerprint density at radius 3 is 2.65 bits per heavy atom. The number of hydrogen-bond acceptors (Lipinski definition) is 3. The Balaban J connectivity index is 1.85.